The lowest BCUT2D eigenvalue weighted by molar-refractivity contribution is -0.278. The number of carbonyl (C=O) groups is 1. The number of phenolic OH excluding ortho intramolecular Hbond substituents is 5. The first kappa shape index (κ1) is 29.4. The SMILES string of the molecule is O=C(/C=C/c1ccc(O)cc1)OCC1OC(Oc2cc3c(O)cc(O)cc3[o+]c2-c2ccc(O)c(O)c2)C(O)C(O)C1O. The molecule has 0 bridgehead atoms. The van der Waals surface area contributed by atoms with Crippen molar-refractivity contribution in [1.82, 2.24) is 0 Å². The third-order valence-corrected chi connectivity index (χ3v) is 6.66. The smallest absolute Gasteiger partial charge is 0.402 e. The molecule has 0 spiro atoms. The maximum Gasteiger partial charge on any atom is 0.402 e. The molecule has 5 atom stereocenters. The fraction of sp³-hybridized carbons (Fsp3) is 0.200. The van der Waals surface area contributed by atoms with Gasteiger partial charge in [-0.2, -0.15) is 0 Å². The van der Waals surface area contributed by atoms with Crippen LogP contribution in [0.5, 0.6) is 34.5 Å². The number of aliphatic hydroxyl groups excluding tert-OH is 3. The maximum absolute atomic E-state index is 12.3. The van der Waals surface area contributed by atoms with Gasteiger partial charge in [0.1, 0.15) is 53.7 Å². The van der Waals surface area contributed by atoms with Crippen molar-refractivity contribution in [2.45, 2.75) is 30.7 Å². The monoisotopic (exact) mass is 595 g/mol. The van der Waals surface area contributed by atoms with Crippen LogP contribution in [0.3, 0.4) is 0 Å². The van der Waals surface area contributed by atoms with Crippen LogP contribution in [0, 0.1) is 0 Å². The van der Waals surface area contributed by atoms with Gasteiger partial charge in [-0.1, -0.05) is 12.1 Å². The number of fused-ring (bicyclic) bond motifs is 1. The van der Waals surface area contributed by atoms with E-state index < -0.39 is 54.8 Å². The summed E-state index contributed by atoms with van der Waals surface area (Å²) in [6.07, 6.45) is -5.73. The van der Waals surface area contributed by atoms with E-state index >= 15 is 0 Å². The molecule has 0 aliphatic carbocycles. The van der Waals surface area contributed by atoms with Gasteiger partial charge in [0.2, 0.25) is 12.0 Å². The molecule has 0 radical (unpaired) electrons. The number of esters is 1. The van der Waals surface area contributed by atoms with Crippen LogP contribution < -0.4 is 4.74 Å². The van der Waals surface area contributed by atoms with E-state index in [2.05, 4.69) is 0 Å². The van der Waals surface area contributed by atoms with Crippen LogP contribution in [0.25, 0.3) is 28.4 Å². The van der Waals surface area contributed by atoms with E-state index in [1.165, 1.54) is 42.5 Å². The average molecular weight is 596 g/mol. The minimum Gasteiger partial charge on any atom is -0.508 e. The molecule has 3 aromatic carbocycles. The summed E-state index contributed by atoms with van der Waals surface area (Å²) >= 11 is 0. The largest absolute Gasteiger partial charge is 0.508 e. The Morgan fingerprint density at radius 1 is 0.814 bits per heavy atom. The molecule has 0 amide bonds. The van der Waals surface area contributed by atoms with Crippen molar-refractivity contribution in [2.24, 2.45) is 0 Å². The van der Waals surface area contributed by atoms with E-state index in [0.717, 1.165) is 18.2 Å². The van der Waals surface area contributed by atoms with Gasteiger partial charge in [-0.3, -0.25) is 0 Å². The zero-order valence-corrected chi connectivity index (χ0v) is 22.1. The first-order valence-corrected chi connectivity index (χ1v) is 12.9. The number of hydrogen-bond acceptors (Lipinski definition) is 12. The molecule has 5 unspecified atom stereocenters. The standard InChI is InChI=1S/C30H26O13/c31-16-5-1-14(2-6-16)3-8-25(36)40-13-24-26(37)27(38)28(39)30(43-24)42-23-12-18-20(34)10-17(32)11-22(18)41-29(23)15-4-7-19(33)21(35)9-15/h1-12,24,26-28,30,37-39H,13H2,(H4-,31,32,33,34,35,36)/p+1. The van der Waals surface area contributed by atoms with Crippen molar-refractivity contribution in [3.63, 3.8) is 0 Å². The minimum absolute atomic E-state index is 0.0122. The van der Waals surface area contributed by atoms with Crippen molar-refractivity contribution in [3.8, 4) is 45.8 Å². The van der Waals surface area contributed by atoms with Gasteiger partial charge in [0.05, 0.1) is 11.6 Å². The topological polar surface area (TPSA) is 218 Å². The van der Waals surface area contributed by atoms with E-state index in [1.807, 2.05) is 0 Å². The van der Waals surface area contributed by atoms with Crippen LogP contribution in [0.4, 0.5) is 0 Å². The van der Waals surface area contributed by atoms with Gasteiger partial charge in [0.15, 0.2) is 11.5 Å². The number of ether oxygens (including phenoxy) is 3. The van der Waals surface area contributed by atoms with Gasteiger partial charge >= 0.3 is 17.3 Å². The zero-order chi connectivity index (χ0) is 30.8. The van der Waals surface area contributed by atoms with Gasteiger partial charge in [-0.05, 0) is 35.9 Å². The molecule has 1 saturated heterocycles. The quantitative estimate of drug-likeness (QED) is 0.0667. The lowest BCUT2D eigenvalue weighted by Crippen LogP contribution is -2.60. The molecule has 1 aliphatic rings. The number of phenols is 5. The summed E-state index contributed by atoms with van der Waals surface area (Å²) in [6.45, 7) is -0.537. The Morgan fingerprint density at radius 2 is 1.56 bits per heavy atom. The molecule has 1 aliphatic heterocycles. The second-order valence-corrected chi connectivity index (χ2v) is 9.71. The Labute approximate surface area is 242 Å². The first-order valence-electron chi connectivity index (χ1n) is 12.9. The second-order valence-electron chi connectivity index (χ2n) is 9.71. The summed E-state index contributed by atoms with van der Waals surface area (Å²) < 4.78 is 22.5. The Bertz CT molecular complexity index is 1670. The van der Waals surface area contributed by atoms with Gasteiger partial charge in [-0.25, -0.2) is 9.21 Å². The number of benzene rings is 3. The van der Waals surface area contributed by atoms with Crippen molar-refractivity contribution >= 4 is 23.0 Å². The third-order valence-electron chi connectivity index (χ3n) is 6.66. The lowest BCUT2D eigenvalue weighted by atomic mass is 9.99. The van der Waals surface area contributed by atoms with Crippen molar-refractivity contribution in [3.05, 3.63) is 72.3 Å². The normalized spacial score (nSPS) is 22.1. The lowest BCUT2D eigenvalue weighted by Gasteiger charge is -2.39. The van der Waals surface area contributed by atoms with Crippen molar-refractivity contribution in [1.29, 1.82) is 0 Å². The van der Waals surface area contributed by atoms with Crippen LogP contribution in [0.1, 0.15) is 5.56 Å². The molecule has 8 N–H and O–H groups in total. The number of aromatic hydroxyl groups is 5. The molecule has 43 heavy (non-hydrogen) atoms. The summed E-state index contributed by atoms with van der Waals surface area (Å²) in [5.41, 5.74) is 0.792. The molecule has 2 heterocycles. The Kier molecular flexibility index (Phi) is 8.23. The summed E-state index contributed by atoms with van der Waals surface area (Å²) in [5.74, 6) is -2.60. The first-order chi connectivity index (χ1) is 20.5. The van der Waals surface area contributed by atoms with Crippen LogP contribution in [-0.2, 0) is 14.3 Å². The fourth-order valence-corrected chi connectivity index (χ4v) is 4.38. The van der Waals surface area contributed by atoms with E-state index in [9.17, 15) is 45.6 Å². The molecule has 1 fully saturated rings. The van der Waals surface area contributed by atoms with Crippen LogP contribution in [-0.4, -0.2) is 84.1 Å². The molecule has 224 valence electrons. The zero-order valence-electron chi connectivity index (χ0n) is 22.1. The third kappa shape index (κ3) is 6.39. The molecule has 1 aromatic heterocycles. The highest BCUT2D eigenvalue weighted by Crippen LogP contribution is 2.42. The second kappa shape index (κ2) is 12.0. The van der Waals surface area contributed by atoms with Gasteiger partial charge < -0.3 is 55.1 Å². The summed E-state index contributed by atoms with van der Waals surface area (Å²) in [4.78, 5) is 12.3. The molecular weight excluding hydrogens is 568 g/mol. The molecule has 13 heteroatoms. The highest BCUT2D eigenvalue weighted by Gasteiger charge is 2.46. The molecule has 13 nitrogen and oxygen atoms in total. The minimum atomic E-state index is -1.80. The van der Waals surface area contributed by atoms with Crippen LogP contribution in [0.15, 0.2) is 71.2 Å². The van der Waals surface area contributed by atoms with E-state index in [4.69, 9.17) is 18.6 Å². The summed E-state index contributed by atoms with van der Waals surface area (Å²) in [5, 5.41) is 81.2. The average Bonchev–Trinajstić information content (AvgIpc) is 2.98. The highest BCUT2D eigenvalue weighted by molar-refractivity contribution is 5.89. The fourth-order valence-electron chi connectivity index (χ4n) is 4.38. The molecular formula is C30H27O13+. The van der Waals surface area contributed by atoms with Gasteiger partial charge in [-0.15, -0.1) is 0 Å². The van der Waals surface area contributed by atoms with Crippen molar-refractivity contribution < 1.29 is 64.3 Å². The van der Waals surface area contributed by atoms with Crippen molar-refractivity contribution in [2.75, 3.05) is 6.61 Å². The summed E-state index contributed by atoms with van der Waals surface area (Å²) in [6, 6.07) is 13.3. The van der Waals surface area contributed by atoms with E-state index in [-0.39, 0.29) is 45.3 Å². The van der Waals surface area contributed by atoms with Crippen LogP contribution in [0.2, 0.25) is 0 Å². The number of hydrogen-bond donors (Lipinski definition) is 8. The number of rotatable bonds is 7. The molecule has 4 aromatic rings. The molecule has 0 saturated carbocycles. The highest BCUT2D eigenvalue weighted by atomic mass is 16.7. The Balaban J connectivity index is 1.39. The number of carbonyl (C=O) groups excluding carboxylic acids is 1. The number of aliphatic hydroxyl groups is 3. The van der Waals surface area contributed by atoms with Gasteiger partial charge in [0, 0.05) is 24.3 Å². The predicted molar refractivity (Wildman–Crippen MR) is 148 cm³/mol. The van der Waals surface area contributed by atoms with Crippen LogP contribution >= 0.6 is 0 Å². The summed E-state index contributed by atoms with van der Waals surface area (Å²) in [7, 11) is 0. The Morgan fingerprint density at radius 3 is 2.28 bits per heavy atom. The van der Waals surface area contributed by atoms with Gasteiger partial charge in [0.25, 0.3) is 0 Å². The Hall–Kier alpha value is -5.08. The van der Waals surface area contributed by atoms with E-state index in [0.29, 0.717) is 5.56 Å². The maximum atomic E-state index is 12.3. The predicted octanol–water partition coefficient (Wildman–Crippen LogP) is 2.35. The molecule has 5 rings (SSSR count). The van der Waals surface area contributed by atoms with E-state index in [1.54, 1.807) is 12.1 Å².